The van der Waals surface area contributed by atoms with Gasteiger partial charge < -0.3 is 15.0 Å². The molecule has 1 heterocycles. The number of hydrogen-bond acceptors (Lipinski definition) is 5. The monoisotopic (exact) mass is 281 g/mol. The van der Waals surface area contributed by atoms with Gasteiger partial charge in [0, 0.05) is 18.4 Å². The van der Waals surface area contributed by atoms with Gasteiger partial charge in [-0.1, -0.05) is 35.5 Å². The molecule has 1 unspecified atom stereocenters. The van der Waals surface area contributed by atoms with Crippen LogP contribution in [0.1, 0.15) is 17.6 Å². The predicted molar refractivity (Wildman–Crippen MR) is 79.4 cm³/mol. The predicted octanol–water partition coefficient (Wildman–Crippen LogP) is 3.05. The summed E-state index contributed by atoms with van der Waals surface area (Å²) in [6, 6.07) is 17.1. The van der Waals surface area contributed by atoms with Crippen LogP contribution in [0, 0.1) is 0 Å². The van der Waals surface area contributed by atoms with Crippen LogP contribution in [0.25, 0.3) is 11.4 Å². The van der Waals surface area contributed by atoms with E-state index in [1.807, 2.05) is 42.5 Å². The molecule has 0 amide bonds. The molecule has 5 nitrogen and oxygen atoms in total. The first-order valence-electron chi connectivity index (χ1n) is 6.55. The topological polar surface area (TPSA) is 74.2 Å². The highest BCUT2D eigenvalue weighted by molar-refractivity contribution is 5.58. The summed E-state index contributed by atoms with van der Waals surface area (Å²) in [6.07, 6.45) is -0.374. The zero-order valence-corrected chi connectivity index (χ0v) is 11.6. The van der Waals surface area contributed by atoms with Gasteiger partial charge in [0.15, 0.2) is 6.10 Å². The van der Waals surface area contributed by atoms with Crippen LogP contribution < -0.4 is 5.73 Å². The molecule has 3 rings (SSSR count). The third-order valence-electron chi connectivity index (χ3n) is 3.17. The summed E-state index contributed by atoms with van der Waals surface area (Å²) in [7, 11) is 1.62. The van der Waals surface area contributed by atoms with Crippen molar-refractivity contribution >= 4 is 5.69 Å². The van der Waals surface area contributed by atoms with Gasteiger partial charge in [-0.2, -0.15) is 4.98 Å². The van der Waals surface area contributed by atoms with E-state index in [-0.39, 0.29) is 6.10 Å². The van der Waals surface area contributed by atoms with Gasteiger partial charge in [0.25, 0.3) is 5.89 Å². The summed E-state index contributed by atoms with van der Waals surface area (Å²) < 4.78 is 10.8. The Bertz CT molecular complexity index is 708. The fourth-order valence-corrected chi connectivity index (χ4v) is 2.10. The maximum atomic E-state index is 5.67. The lowest BCUT2D eigenvalue weighted by atomic mass is 10.1. The molecule has 0 saturated heterocycles. The number of benzene rings is 2. The molecule has 0 radical (unpaired) electrons. The van der Waals surface area contributed by atoms with Crippen molar-refractivity contribution < 1.29 is 9.26 Å². The molecule has 0 bridgehead atoms. The Kier molecular flexibility index (Phi) is 3.66. The van der Waals surface area contributed by atoms with Crippen molar-refractivity contribution in [3.8, 4) is 11.4 Å². The van der Waals surface area contributed by atoms with E-state index >= 15 is 0 Å². The molecule has 0 spiro atoms. The minimum Gasteiger partial charge on any atom is -0.399 e. The molecule has 21 heavy (non-hydrogen) atoms. The molecular formula is C16H15N3O2. The van der Waals surface area contributed by atoms with Gasteiger partial charge >= 0.3 is 0 Å². The minimum absolute atomic E-state index is 0.374. The zero-order valence-electron chi connectivity index (χ0n) is 11.6. The van der Waals surface area contributed by atoms with Crippen LogP contribution in [0.15, 0.2) is 59.1 Å². The number of methoxy groups -OCH3 is 1. The van der Waals surface area contributed by atoms with E-state index < -0.39 is 0 Å². The highest BCUT2D eigenvalue weighted by Crippen LogP contribution is 2.26. The fourth-order valence-electron chi connectivity index (χ4n) is 2.10. The number of nitrogens with two attached hydrogens (primary N) is 1. The third kappa shape index (κ3) is 2.78. The van der Waals surface area contributed by atoms with Crippen LogP contribution >= 0.6 is 0 Å². The van der Waals surface area contributed by atoms with E-state index in [1.165, 1.54) is 0 Å². The maximum absolute atomic E-state index is 5.67. The van der Waals surface area contributed by atoms with E-state index in [0.717, 1.165) is 11.1 Å². The Labute approximate surface area is 122 Å². The van der Waals surface area contributed by atoms with Gasteiger partial charge in [-0.25, -0.2) is 0 Å². The first kappa shape index (κ1) is 13.3. The summed E-state index contributed by atoms with van der Waals surface area (Å²) in [5.41, 5.74) is 8.18. The normalized spacial score (nSPS) is 12.2. The van der Waals surface area contributed by atoms with Crippen molar-refractivity contribution in [1.82, 2.24) is 10.1 Å². The van der Waals surface area contributed by atoms with E-state index in [2.05, 4.69) is 10.1 Å². The number of aromatic nitrogens is 2. The summed E-state index contributed by atoms with van der Waals surface area (Å²) in [5, 5.41) is 4.00. The molecule has 106 valence electrons. The SMILES string of the molecule is COC(c1ccccc1)c1nc(-c2ccc(N)cc2)no1. The van der Waals surface area contributed by atoms with Crippen molar-refractivity contribution in [2.75, 3.05) is 12.8 Å². The van der Waals surface area contributed by atoms with Gasteiger partial charge in [-0.3, -0.25) is 0 Å². The number of nitrogens with zero attached hydrogens (tertiary/aromatic N) is 2. The molecule has 0 aliphatic carbocycles. The lowest BCUT2D eigenvalue weighted by Gasteiger charge is -2.10. The van der Waals surface area contributed by atoms with Crippen LogP contribution in [0.4, 0.5) is 5.69 Å². The van der Waals surface area contributed by atoms with E-state index in [9.17, 15) is 0 Å². The van der Waals surface area contributed by atoms with Crippen molar-refractivity contribution in [3.05, 3.63) is 66.1 Å². The maximum Gasteiger partial charge on any atom is 0.260 e. The molecule has 5 heteroatoms. The zero-order chi connectivity index (χ0) is 14.7. The Morgan fingerprint density at radius 1 is 1.05 bits per heavy atom. The number of anilines is 1. The summed E-state index contributed by atoms with van der Waals surface area (Å²) in [4.78, 5) is 4.41. The van der Waals surface area contributed by atoms with Crippen LogP contribution in [-0.2, 0) is 4.74 Å². The van der Waals surface area contributed by atoms with Crippen molar-refractivity contribution in [3.63, 3.8) is 0 Å². The fraction of sp³-hybridized carbons (Fsp3) is 0.125. The van der Waals surface area contributed by atoms with E-state index in [0.29, 0.717) is 17.4 Å². The molecule has 0 fully saturated rings. The van der Waals surface area contributed by atoms with Crippen molar-refractivity contribution in [2.45, 2.75) is 6.10 Å². The molecule has 1 aromatic heterocycles. The van der Waals surface area contributed by atoms with Crippen LogP contribution in [-0.4, -0.2) is 17.3 Å². The van der Waals surface area contributed by atoms with Crippen LogP contribution in [0.5, 0.6) is 0 Å². The largest absolute Gasteiger partial charge is 0.399 e. The standard InChI is InChI=1S/C16H15N3O2/c1-20-14(11-5-3-2-4-6-11)16-18-15(19-21-16)12-7-9-13(17)10-8-12/h2-10,14H,17H2,1H3. The minimum atomic E-state index is -0.374. The molecule has 1 atom stereocenters. The molecule has 0 saturated carbocycles. The van der Waals surface area contributed by atoms with Gasteiger partial charge in [-0.15, -0.1) is 0 Å². The second-order valence-electron chi connectivity index (χ2n) is 4.60. The average Bonchev–Trinajstić information content (AvgIpc) is 2.99. The summed E-state index contributed by atoms with van der Waals surface area (Å²) in [6.45, 7) is 0. The molecule has 2 aromatic carbocycles. The second-order valence-corrected chi connectivity index (χ2v) is 4.60. The van der Waals surface area contributed by atoms with Crippen molar-refractivity contribution in [1.29, 1.82) is 0 Å². The first-order chi connectivity index (χ1) is 10.3. The van der Waals surface area contributed by atoms with Gasteiger partial charge in [0.1, 0.15) is 0 Å². The van der Waals surface area contributed by atoms with Gasteiger partial charge in [0.05, 0.1) is 0 Å². The Morgan fingerprint density at radius 2 is 1.76 bits per heavy atom. The quantitative estimate of drug-likeness (QED) is 0.744. The lowest BCUT2D eigenvalue weighted by Crippen LogP contribution is -2.03. The number of hydrogen-bond donors (Lipinski definition) is 1. The third-order valence-corrected chi connectivity index (χ3v) is 3.17. The Hall–Kier alpha value is -2.66. The van der Waals surface area contributed by atoms with Crippen LogP contribution in [0.2, 0.25) is 0 Å². The molecule has 2 N–H and O–H groups in total. The highest BCUT2D eigenvalue weighted by Gasteiger charge is 2.20. The van der Waals surface area contributed by atoms with Crippen molar-refractivity contribution in [2.24, 2.45) is 0 Å². The summed E-state index contributed by atoms with van der Waals surface area (Å²) in [5.74, 6) is 0.943. The average molecular weight is 281 g/mol. The Morgan fingerprint density at radius 3 is 2.43 bits per heavy atom. The molecule has 0 aliphatic rings. The van der Waals surface area contributed by atoms with E-state index in [1.54, 1.807) is 19.2 Å². The second kappa shape index (κ2) is 5.76. The molecule has 0 aliphatic heterocycles. The number of rotatable bonds is 4. The lowest BCUT2D eigenvalue weighted by molar-refractivity contribution is 0.105. The smallest absolute Gasteiger partial charge is 0.260 e. The van der Waals surface area contributed by atoms with E-state index in [4.69, 9.17) is 15.0 Å². The molecular weight excluding hydrogens is 266 g/mol. The Balaban J connectivity index is 1.92. The van der Waals surface area contributed by atoms with Gasteiger partial charge in [0.2, 0.25) is 5.82 Å². The highest BCUT2D eigenvalue weighted by atomic mass is 16.5. The molecule has 3 aromatic rings. The first-order valence-corrected chi connectivity index (χ1v) is 6.55. The van der Waals surface area contributed by atoms with Crippen LogP contribution in [0.3, 0.4) is 0 Å². The number of ether oxygens (including phenoxy) is 1. The van der Waals surface area contributed by atoms with Gasteiger partial charge in [-0.05, 0) is 29.8 Å². The number of nitrogen functional groups attached to an aromatic ring is 1. The summed E-state index contributed by atoms with van der Waals surface area (Å²) >= 11 is 0.